The minimum Gasteiger partial charge on any atom is -0.338 e. The Hall–Kier alpha value is -1.83. The number of amidine groups is 1. The zero-order valence-corrected chi connectivity index (χ0v) is 23.4. The lowest BCUT2D eigenvalue weighted by atomic mass is 9.77. The van der Waals surface area contributed by atoms with E-state index in [1.54, 1.807) is 5.38 Å². The fourth-order valence-corrected chi connectivity index (χ4v) is 9.37. The lowest BCUT2D eigenvalue weighted by Crippen LogP contribution is -2.60. The molecule has 0 bridgehead atoms. The highest BCUT2D eigenvalue weighted by atomic mass is 32.2. The molecule has 3 unspecified atom stereocenters. The molecule has 0 spiro atoms. The second kappa shape index (κ2) is 10.4. The number of anilines is 1. The summed E-state index contributed by atoms with van der Waals surface area (Å²) in [7, 11) is -7.78. The van der Waals surface area contributed by atoms with Crippen molar-refractivity contribution >= 4 is 53.9 Å². The van der Waals surface area contributed by atoms with Gasteiger partial charge in [-0.25, -0.2) is 13.1 Å². The van der Waals surface area contributed by atoms with Gasteiger partial charge in [-0.15, -0.1) is 15.7 Å². The maximum atomic E-state index is 13.9. The fraction of sp³-hybridized carbons (Fsp3) is 0.708. The van der Waals surface area contributed by atoms with Crippen LogP contribution in [-0.2, 0) is 36.2 Å². The molecule has 204 valence electrons. The van der Waals surface area contributed by atoms with Crippen LogP contribution in [0.2, 0.25) is 0 Å². The molecule has 37 heavy (non-hydrogen) atoms. The molecule has 13 heteroatoms. The molecule has 2 saturated carbocycles. The van der Waals surface area contributed by atoms with Crippen LogP contribution in [0.5, 0.6) is 0 Å². The summed E-state index contributed by atoms with van der Waals surface area (Å²) in [6.45, 7) is 0.409. The van der Waals surface area contributed by atoms with Crippen molar-refractivity contribution in [2.45, 2.75) is 81.7 Å². The molecule has 2 aliphatic heterocycles. The van der Waals surface area contributed by atoms with Crippen molar-refractivity contribution in [2.24, 2.45) is 22.2 Å². The van der Waals surface area contributed by atoms with E-state index in [-0.39, 0.29) is 51.5 Å². The van der Waals surface area contributed by atoms with E-state index in [0.717, 1.165) is 69.0 Å². The molecule has 1 aromatic rings. The Morgan fingerprint density at radius 2 is 1.76 bits per heavy atom. The van der Waals surface area contributed by atoms with Gasteiger partial charge in [0.2, 0.25) is 15.9 Å². The zero-order chi connectivity index (χ0) is 26.4. The molecule has 1 aromatic heterocycles. The number of piperidine rings is 1. The van der Waals surface area contributed by atoms with Crippen molar-refractivity contribution in [1.82, 2.24) is 9.62 Å². The van der Waals surface area contributed by atoms with Crippen LogP contribution in [0, 0.1) is 17.8 Å². The fourth-order valence-electron chi connectivity index (χ4n) is 6.30. The van der Waals surface area contributed by atoms with Crippen molar-refractivity contribution in [3.8, 4) is 0 Å². The number of nitrogens with zero attached hydrogens (tertiary/aromatic N) is 2. The van der Waals surface area contributed by atoms with Gasteiger partial charge in [-0.2, -0.15) is 8.42 Å². The van der Waals surface area contributed by atoms with Gasteiger partial charge < -0.3 is 10.2 Å². The van der Waals surface area contributed by atoms with Crippen LogP contribution in [0.15, 0.2) is 14.7 Å². The Kier molecular flexibility index (Phi) is 7.51. The highest BCUT2D eigenvalue weighted by molar-refractivity contribution is 7.91. The Balaban J connectivity index is 1.47. The Morgan fingerprint density at radius 1 is 1.08 bits per heavy atom. The molecule has 0 aromatic carbocycles. The van der Waals surface area contributed by atoms with Crippen LogP contribution in [0.1, 0.15) is 69.8 Å². The van der Waals surface area contributed by atoms with Gasteiger partial charge in [0.1, 0.15) is 15.7 Å². The molecule has 1 saturated heterocycles. The third kappa shape index (κ3) is 5.50. The number of likely N-dealkylation sites (tertiary alicyclic amines) is 1. The van der Waals surface area contributed by atoms with Crippen LogP contribution in [0.3, 0.4) is 0 Å². The molecule has 10 nitrogen and oxygen atoms in total. The van der Waals surface area contributed by atoms with Crippen molar-refractivity contribution in [3.05, 3.63) is 10.9 Å². The molecule has 4 aliphatic rings. The Morgan fingerprint density at radius 3 is 2.46 bits per heavy atom. The maximum Gasteiger partial charge on any atom is 0.287 e. The second-order valence-corrected chi connectivity index (χ2v) is 15.0. The smallest absolute Gasteiger partial charge is 0.287 e. The van der Waals surface area contributed by atoms with Gasteiger partial charge in [-0.05, 0) is 37.0 Å². The Bertz CT molecular complexity index is 1310. The molecule has 2 aliphatic carbocycles. The number of Topliss-reactive ketones (excluding diaryl/α,β-unsaturated/α-hetero) is 1. The summed E-state index contributed by atoms with van der Waals surface area (Å²) >= 11 is 1.09. The second-order valence-electron chi connectivity index (χ2n) is 10.7. The number of carbonyl (C=O) groups is 2. The summed E-state index contributed by atoms with van der Waals surface area (Å²) in [6, 6.07) is -0.132. The van der Waals surface area contributed by atoms with Crippen molar-refractivity contribution in [3.63, 3.8) is 0 Å². The summed E-state index contributed by atoms with van der Waals surface area (Å²) < 4.78 is 55.8. The van der Waals surface area contributed by atoms with Crippen LogP contribution in [0.25, 0.3) is 0 Å². The first-order chi connectivity index (χ1) is 17.5. The van der Waals surface area contributed by atoms with Gasteiger partial charge in [0.15, 0.2) is 11.7 Å². The minimum absolute atomic E-state index is 0.112. The predicted octanol–water partition coefficient (Wildman–Crippen LogP) is 2.87. The predicted molar refractivity (Wildman–Crippen MR) is 141 cm³/mol. The molecular formula is C24H34N4O6S3. The van der Waals surface area contributed by atoms with E-state index in [1.165, 1.54) is 6.42 Å². The molecule has 3 atom stereocenters. The van der Waals surface area contributed by atoms with Gasteiger partial charge in [0.25, 0.3) is 10.0 Å². The first-order valence-corrected chi connectivity index (χ1v) is 17.3. The van der Waals surface area contributed by atoms with E-state index in [4.69, 9.17) is 0 Å². The topological polar surface area (TPSA) is 142 Å². The molecule has 2 N–H and O–H groups in total. The first-order valence-electron chi connectivity index (χ1n) is 13.1. The average Bonchev–Trinajstić information content (AvgIpc) is 3.09. The molecule has 1 amide bonds. The van der Waals surface area contributed by atoms with Crippen LogP contribution < -0.4 is 10.0 Å². The number of hydrogen-bond donors (Lipinski definition) is 2. The summed E-state index contributed by atoms with van der Waals surface area (Å²) in [6.07, 6.45) is 11.0. The third-order valence-electron chi connectivity index (χ3n) is 8.07. The van der Waals surface area contributed by atoms with E-state index >= 15 is 0 Å². The molecule has 5 rings (SSSR count). The number of amides is 1. The molecule has 3 heterocycles. The highest BCUT2D eigenvalue weighted by Gasteiger charge is 2.51. The number of rotatable bonds is 6. The van der Waals surface area contributed by atoms with E-state index < -0.39 is 26.0 Å². The summed E-state index contributed by atoms with van der Waals surface area (Å²) in [5.74, 6) is -1.92. The minimum atomic E-state index is -4.25. The normalized spacial score (nSPS) is 28.6. The molecular weight excluding hydrogens is 536 g/mol. The SMILES string of the molecule is CS(=O)(=O)NCc1csc2c1S(=O)(=O)N=C(C1C(=O)C3CCCCCC3N(CC3CCCCC3)C1=O)N2. The molecule has 3 fully saturated rings. The lowest BCUT2D eigenvalue weighted by Gasteiger charge is -2.45. The number of fused-ring (bicyclic) bond motifs is 2. The van der Waals surface area contributed by atoms with Crippen LogP contribution in [0.4, 0.5) is 5.00 Å². The van der Waals surface area contributed by atoms with Gasteiger partial charge in [0.05, 0.1) is 6.26 Å². The van der Waals surface area contributed by atoms with Gasteiger partial charge in [-0.1, -0.05) is 38.5 Å². The quantitative estimate of drug-likeness (QED) is 0.501. The maximum absolute atomic E-state index is 13.9. The number of thiophene rings is 1. The summed E-state index contributed by atoms with van der Waals surface area (Å²) in [5.41, 5.74) is 0.268. The summed E-state index contributed by atoms with van der Waals surface area (Å²) in [5, 5.41) is 4.78. The largest absolute Gasteiger partial charge is 0.338 e. The van der Waals surface area contributed by atoms with E-state index in [0.29, 0.717) is 18.9 Å². The van der Waals surface area contributed by atoms with Gasteiger partial charge in [-0.3, -0.25) is 9.59 Å². The standard InChI is InChI=1S/C24H34N4O6S3/c1-36(31,32)25-12-16-14-35-23-21(16)37(33,34)27-22(26-23)19-20(29)17-10-6-3-7-11-18(17)28(24(19)30)13-15-8-4-2-5-9-15/h14-15,17-19,25H,2-13H2,1H3,(H,26,27). The van der Waals surface area contributed by atoms with Crippen molar-refractivity contribution < 1.29 is 26.4 Å². The highest BCUT2D eigenvalue weighted by Crippen LogP contribution is 2.41. The van der Waals surface area contributed by atoms with Crippen LogP contribution >= 0.6 is 11.3 Å². The number of sulfonamides is 2. The zero-order valence-electron chi connectivity index (χ0n) is 20.9. The van der Waals surface area contributed by atoms with E-state index in [1.807, 2.05) is 4.90 Å². The van der Waals surface area contributed by atoms with Crippen LogP contribution in [-0.4, -0.2) is 58.1 Å². The third-order valence-corrected chi connectivity index (χ3v) is 11.2. The number of nitrogens with one attached hydrogen (secondary N) is 2. The average molecular weight is 571 g/mol. The number of ketones is 1. The number of carbonyl (C=O) groups excluding carboxylic acids is 2. The van der Waals surface area contributed by atoms with E-state index in [9.17, 15) is 26.4 Å². The van der Waals surface area contributed by atoms with Crippen molar-refractivity contribution in [2.75, 3.05) is 18.1 Å². The van der Waals surface area contributed by atoms with Gasteiger partial charge in [0, 0.05) is 30.6 Å². The molecule has 0 radical (unpaired) electrons. The first kappa shape index (κ1) is 26.8. The lowest BCUT2D eigenvalue weighted by molar-refractivity contribution is -0.151. The summed E-state index contributed by atoms with van der Waals surface area (Å²) in [4.78, 5) is 29.5. The Labute approximate surface area is 222 Å². The monoisotopic (exact) mass is 570 g/mol. The van der Waals surface area contributed by atoms with Crippen molar-refractivity contribution in [1.29, 1.82) is 0 Å². The van der Waals surface area contributed by atoms with E-state index in [2.05, 4.69) is 14.4 Å². The number of hydrogen-bond acceptors (Lipinski definition) is 8. The van der Waals surface area contributed by atoms with Gasteiger partial charge >= 0.3 is 0 Å².